The molecule has 0 radical (unpaired) electrons. The van der Waals surface area contributed by atoms with E-state index in [1.165, 1.54) is 6.08 Å². The summed E-state index contributed by atoms with van der Waals surface area (Å²) in [5, 5.41) is 12.6. The molecule has 0 aliphatic rings. The topological polar surface area (TPSA) is 73.2 Å². The molecular weight excluding hydrogens is 426 g/mol. The van der Waals surface area contributed by atoms with Gasteiger partial charge in [-0.25, -0.2) is 0 Å². The minimum Gasteiger partial charge on any atom is -0.338 e. The summed E-state index contributed by atoms with van der Waals surface area (Å²) in [4.78, 5) is 27.1. The summed E-state index contributed by atoms with van der Waals surface area (Å²) in [6.07, 6.45) is 3.10. The predicted molar refractivity (Wildman–Crippen MR) is 113 cm³/mol. The molecule has 0 fully saturated rings. The number of nitrogens with zero attached hydrogens (tertiary/aromatic N) is 2. The number of anilines is 1. The van der Waals surface area contributed by atoms with Crippen molar-refractivity contribution in [1.82, 2.24) is 4.90 Å². The van der Waals surface area contributed by atoms with Crippen LogP contribution in [0.4, 0.5) is 5.00 Å². The zero-order chi connectivity index (χ0) is 20.0. The van der Waals surface area contributed by atoms with Crippen LogP contribution in [0.25, 0.3) is 6.08 Å². The summed E-state index contributed by atoms with van der Waals surface area (Å²) in [5.41, 5.74) is 1.82. The van der Waals surface area contributed by atoms with Crippen LogP contribution >= 0.6 is 27.3 Å². The van der Waals surface area contributed by atoms with Crippen LogP contribution in [-0.4, -0.2) is 29.8 Å². The van der Waals surface area contributed by atoms with Crippen LogP contribution in [0, 0.1) is 18.3 Å². The highest BCUT2D eigenvalue weighted by Gasteiger charge is 2.23. The maximum absolute atomic E-state index is 12.6. The Morgan fingerprint density at radius 1 is 1.26 bits per heavy atom. The van der Waals surface area contributed by atoms with Gasteiger partial charge in [-0.05, 0) is 50.1 Å². The van der Waals surface area contributed by atoms with Crippen LogP contribution in [0.5, 0.6) is 0 Å². The molecule has 0 atom stereocenters. The fourth-order valence-corrected chi connectivity index (χ4v) is 3.89. The lowest BCUT2D eigenvalue weighted by Crippen LogP contribution is -2.30. The number of hydrogen-bond donors (Lipinski definition) is 1. The van der Waals surface area contributed by atoms with Crippen LogP contribution in [0.3, 0.4) is 0 Å². The van der Waals surface area contributed by atoms with Crippen LogP contribution in [0.15, 0.2) is 34.8 Å². The average molecular weight is 446 g/mol. The molecule has 0 spiro atoms. The van der Waals surface area contributed by atoms with Crippen LogP contribution < -0.4 is 5.32 Å². The SMILES string of the molecule is CCN(CC)C(=O)c1sc(NC(=O)C=Cc2ccc(Br)cc2)c(C#N)c1C. The van der Waals surface area contributed by atoms with Crippen molar-refractivity contribution in [3.8, 4) is 6.07 Å². The number of halogens is 1. The molecule has 1 aromatic carbocycles. The van der Waals surface area contributed by atoms with Crippen LogP contribution in [0.1, 0.15) is 40.2 Å². The van der Waals surface area contributed by atoms with E-state index in [0.717, 1.165) is 21.4 Å². The fourth-order valence-electron chi connectivity index (χ4n) is 2.49. The lowest BCUT2D eigenvalue weighted by molar-refractivity contribution is -0.111. The lowest BCUT2D eigenvalue weighted by atomic mass is 10.1. The van der Waals surface area contributed by atoms with Gasteiger partial charge >= 0.3 is 0 Å². The average Bonchev–Trinajstić information content (AvgIpc) is 2.97. The number of benzene rings is 1. The molecule has 0 bridgehead atoms. The van der Waals surface area contributed by atoms with Gasteiger partial charge in [0.05, 0.1) is 10.4 Å². The second kappa shape index (κ2) is 9.49. The number of hydrogen-bond acceptors (Lipinski definition) is 4. The van der Waals surface area contributed by atoms with Gasteiger partial charge in [-0.15, -0.1) is 11.3 Å². The molecular formula is C20H20BrN3O2S. The molecule has 2 aromatic rings. The van der Waals surface area contributed by atoms with Gasteiger partial charge in [0, 0.05) is 23.6 Å². The largest absolute Gasteiger partial charge is 0.338 e. The van der Waals surface area contributed by atoms with Gasteiger partial charge in [0.1, 0.15) is 11.1 Å². The van der Waals surface area contributed by atoms with Crippen LogP contribution in [-0.2, 0) is 4.79 Å². The number of nitriles is 1. The molecule has 0 unspecified atom stereocenters. The minimum atomic E-state index is -0.350. The van der Waals surface area contributed by atoms with E-state index in [1.54, 1.807) is 17.9 Å². The first kappa shape index (κ1) is 20.9. The van der Waals surface area contributed by atoms with Crippen molar-refractivity contribution in [2.75, 3.05) is 18.4 Å². The Morgan fingerprint density at radius 3 is 2.44 bits per heavy atom. The molecule has 0 saturated heterocycles. The van der Waals surface area contributed by atoms with E-state index in [2.05, 4.69) is 27.3 Å². The van der Waals surface area contributed by atoms with Crippen molar-refractivity contribution < 1.29 is 9.59 Å². The quantitative estimate of drug-likeness (QED) is 0.647. The van der Waals surface area contributed by atoms with Crippen molar-refractivity contribution in [1.29, 1.82) is 5.26 Å². The predicted octanol–water partition coefficient (Wildman–Crippen LogP) is 4.82. The first-order valence-corrected chi connectivity index (χ1v) is 10.1. The van der Waals surface area contributed by atoms with E-state index in [9.17, 15) is 14.9 Å². The van der Waals surface area contributed by atoms with Crippen molar-refractivity contribution in [2.45, 2.75) is 20.8 Å². The third-order valence-corrected chi connectivity index (χ3v) is 5.76. The smallest absolute Gasteiger partial charge is 0.264 e. The standard InChI is InChI=1S/C20H20BrN3O2S/c1-4-24(5-2)20(26)18-13(3)16(12-22)19(27-18)23-17(25)11-8-14-6-9-15(21)10-7-14/h6-11H,4-5H2,1-3H3,(H,23,25). The molecule has 2 rings (SSSR count). The summed E-state index contributed by atoms with van der Waals surface area (Å²) in [6.45, 7) is 6.73. The van der Waals surface area contributed by atoms with Crippen LogP contribution in [0.2, 0.25) is 0 Å². The van der Waals surface area contributed by atoms with Gasteiger partial charge in [-0.3, -0.25) is 9.59 Å². The first-order chi connectivity index (χ1) is 12.9. The summed E-state index contributed by atoms with van der Waals surface area (Å²) < 4.78 is 0.960. The molecule has 0 aliphatic heterocycles. The number of amides is 2. The summed E-state index contributed by atoms with van der Waals surface area (Å²) in [7, 11) is 0. The number of carbonyl (C=O) groups is 2. The van der Waals surface area contributed by atoms with Gasteiger partial charge in [0.2, 0.25) is 5.91 Å². The molecule has 140 valence electrons. The zero-order valence-corrected chi connectivity index (χ0v) is 17.8. The summed E-state index contributed by atoms with van der Waals surface area (Å²) >= 11 is 4.51. The monoisotopic (exact) mass is 445 g/mol. The fraction of sp³-hybridized carbons (Fsp3) is 0.250. The maximum atomic E-state index is 12.6. The van der Waals surface area contributed by atoms with Gasteiger partial charge in [0.25, 0.3) is 5.91 Å². The maximum Gasteiger partial charge on any atom is 0.264 e. The molecule has 7 heteroatoms. The van der Waals surface area contributed by atoms with E-state index < -0.39 is 0 Å². The number of nitrogens with one attached hydrogen (secondary N) is 1. The Bertz CT molecular complexity index is 907. The highest BCUT2D eigenvalue weighted by molar-refractivity contribution is 9.10. The molecule has 2 amide bonds. The van der Waals surface area contributed by atoms with E-state index >= 15 is 0 Å². The van der Waals surface area contributed by atoms with Gasteiger partial charge in [0.15, 0.2) is 0 Å². The number of rotatable bonds is 6. The normalized spacial score (nSPS) is 10.6. The van der Waals surface area contributed by atoms with Crippen molar-refractivity contribution in [3.63, 3.8) is 0 Å². The third kappa shape index (κ3) is 5.06. The zero-order valence-electron chi connectivity index (χ0n) is 15.4. The van der Waals surface area contributed by atoms with Crippen molar-refractivity contribution in [3.05, 3.63) is 56.4 Å². The molecule has 1 N–H and O–H groups in total. The molecule has 1 aromatic heterocycles. The first-order valence-electron chi connectivity index (χ1n) is 8.48. The number of thiophene rings is 1. The molecule has 5 nitrogen and oxygen atoms in total. The Balaban J connectivity index is 2.21. The Kier molecular flexibility index (Phi) is 7.34. The second-order valence-corrected chi connectivity index (χ2v) is 7.66. The molecule has 1 heterocycles. The van der Waals surface area contributed by atoms with E-state index in [1.807, 2.05) is 38.1 Å². The van der Waals surface area contributed by atoms with E-state index in [-0.39, 0.29) is 11.8 Å². The summed E-state index contributed by atoms with van der Waals surface area (Å²) in [5.74, 6) is -0.470. The van der Waals surface area contributed by atoms with Crippen molar-refractivity contribution in [2.24, 2.45) is 0 Å². The number of carbonyl (C=O) groups excluding carboxylic acids is 2. The van der Waals surface area contributed by atoms with Gasteiger partial charge < -0.3 is 10.2 Å². The molecule has 0 saturated carbocycles. The Morgan fingerprint density at radius 2 is 1.89 bits per heavy atom. The molecule has 27 heavy (non-hydrogen) atoms. The van der Waals surface area contributed by atoms with E-state index in [0.29, 0.717) is 34.1 Å². The molecule has 0 aliphatic carbocycles. The highest BCUT2D eigenvalue weighted by atomic mass is 79.9. The van der Waals surface area contributed by atoms with Gasteiger partial charge in [-0.2, -0.15) is 5.26 Å². The third-order valence-electron chi connectivity index (χ3n) is 4.04. The van der Waals surface area contributed by atoms with Crippen molar-refractivity contribution >= 4 is 50.2 Å². The lowest BCUT2D eigenvalue weighted by Gasteiger charge is -2.17. The Hall–Kier alpha value is -2.43. The van der Waals surface area contributed by atoms with E-state index in [4.69, 9.17) is 0 Å². The highest BCUT2D eigenvalue weighted by Crippen LogP contribution is 2.33. The summed E-state index contributed by atoms with van der Waals surface area (Å²) in [6, 6.07) is 9.63. The minimum absolute atomic E-state index is 0.120. The van der Waals surface area contributed by atoms with Gasteiger partial charge in [-0.1, -0.05) is 28.1 Å². The second-order valence-electron chi connectivity index (χ2n) is 5.72. The Labute approximate surface area is 171 Å².